The SMILES string of the molecule is NC(c1cccc(C(F)(F)F)c1)P(=O)(O)O. The first kappa shape index (κ1) is 13.2. The predicted octanol–water partition coefficient (Wildman–Crippen LogP) is 1.84. The van der Waals surface area contributed by atoms with Crippen LogP contribution in [0.25, 0.3) is 0 Å². The number of benzene rings is 1. The highest BCUT2D eigenvalue weighted by Gasteiger charge is 2.33. The van der Waals surface area contributed by atoms with Gasteiger partial charge in [-0.25, -0.2) is 0 Å². The summed E-state index contributed by atoms with van der Waals surface area (Å²) >= 11 is 0. The van der Waals surface area contributed by atoms with Gasteiger partial charge in [0, 0.05) is 0 Å². The van der Waals surface area contributed by atoms with Crippen LogP contribution in [0.15, 0.2) is 24.3 Å². The predicted molar refractivity (Wildman–Crippen MR) is 50.4 cm³/mol. The molecule has 16 heavy (non-hydrogen) atoms. The molecular formula is C8H9F3NO3P. The highest BCUT2D eigenvalue weighted by molar-refractivity contribution is 7.52. The molecule has 0 aliphatic rings. The normalized spacial score (nSPS) is 14.9. The standard InChI is InChI=1S/C8H9F3NO3P/c9-8(10,11)6-3-1-2-5(4-6)7(12)16(13,14)15/h1-4,7H,12H2,(H2,13,14,15). The van der Waals surface area contributed by atoms with Crippen molar-refractivity contribution in [1.29, 1.82) is 0 Å². The van der Waals surface area contributed by atoms with Gasteiger partial charge < -0.3 is 15.5 Å². The molecule has 4 N–H and O–H groups in total. The van der Waals surface area contributed by atoms with Crippen molar-refractivity contribution in [3.05, 3.63) is 35.4 Å². The number of nitrogens with two attached hydrogens (primary N) is 1. The van der Waals surface area contributed by atoms with Crippen LogP contribution in [0.1, 0.15) is 16.9 Å². The van der Waals surface area contributed by atoms with E-state index in [1.807, 2.05) is 0 Å². The van der Waals surface area contributed by atoms with Gasteiger partial charge >= 0.3 is 13.8 Å². The van der Waals surface area contributed by atoms with E-state index in [-0.39, 0.29) is 5.56 Å². The maximum Gasteiger partial charge on any atom is 0.416 e. The van der Waals surface area contributed by atoms with Crippen LogP contribution >= 0.6 is 7.60 Å². The number of hydrogen-bond donors (Lipinski definition) is 3. The van der Waals surface area contributed by atoms with Gasteiger partial charge in [0.25, 0.3) is 0 Å². The van der Waals surface area contributed by atoms with Gasteiger partial charge in [0.1, 0.15) is 5.78 Å². The molecule has 0 saturated heterocycles. The van der Waals surface area contributed by atoms with Crippen molar-refractivity contribution < 1.29 is 27.5 Å². The Morgan fingerprint density at radius 2 is 1.88 bits per heavy atom. The molecule has 0 saturated carbocycles. The summed E-state index contributed by atoms with van der Waals surface area (Å²) in [6.07, 6.45) is -4.56. The third-order valence-corrected chi connectivity index (χ3v) is 2.94. The van der Waals surface area contributed by atoms with Crippen molar-refractivity contribution in [2.45, 2.75) is 12.0 Å². The van der Waals surface area contributed by atoms with Crippen LogP contribution in [-0.2, 0) is 10.7 Å². The number of rotatable bonds is 2. The van der Waals surface area contributed by atoms with E-state index in [4.69, 9.17) is 15.5 Å². The molecule has 0 aromatic heterocycles. The molecule has 0 aliphatic carbocycles. The van der Waals surface area contributed by atoms with E-state index in [1.54, 1.807) is 0 Å². The maximum atomic E-state index is 12.3. The molecule has 0 radical (unpaired) electrons. The summed E-state index contributed by atoms with van der Waals surface area (Å²) in [7, 11) is -4.64. The average Bonchev–Trinajstić information content (AvgIpc) is 2.14. The fourth-order valence-corrected chi connectivity index (χ4v) is 1.64. The van der Waals surface area contributed by atoms with Crippen LogP contribution in [-0.4, -0.2) is 9.79 Å². The molecular weight excluding hydrogens is 246 g/mol. The van der Waals surface area contributed by atoms with E-state index in [2.05, 4.69) is 0 Å². The van der Waals surface area contributed by atoms with Crippen LogP contribution < -0.4 is 5.73 Å². The van der Waals surface area contributed by atoms with E-state index in [1.165, 1.54) is 0 Å². The Balaban J connectivity index is 3.14. The quantitative estimate of drug-likeness (QED) is 0.704. The smallest absolute Gasteiger partial charge is 0.323 e. The zero-order valence-corrected chi connectivity index (χ0v) is 8.74. The molecule has 1 unspecified atom stereocenters. The lowest BCUT2D eigenvalue weighted by molar-refractivity contribution is -0.137. The van der Waals surface area contributed by atoms with Crippen LogP contribution in [0.5, 0.6) is 0 Å². The molecule has 8 heteroatoms. The Hall–Kier alpha value is -0.880. The van der Waals surface area contributed by atoms with E-state index >= 15 is 0 Å². The largest absolute Gasteiger partial charge is 0.416 e. The van der Waals surface area contributed by atoms with E-state index in [0.717, 1.165) is 18.2 Å². The van der Waals surface area contributed by atoms with Gasteiger partial charge in [0.2, 0.25) is 0 Å². The van der Waals surface area contributed by atoms with Gasteiger partial charge in [0.05, 0.1) is 5.56 Å². The molecule has 4 nitrogen and oxygen atoms in total. The van der Waals surface area contributed by atoms with Gasteiger partial charge in [-0.2, -0.15) is 13.2 Å². The van der Waals surface area contributed by atoms with Gasteiger partial charge in [-0.3, -0.25) is 4.57 Å². The second-order valence-electron chi connectivity index (χ2n) is 3.16. The minimum absolute atomic E-state index is 0.247. The summed E-state index contributed by atoms with van der Waals surface area (Å²) in [5.41, 5.74) is 3.91. The highest BCUT2D eigenvalue weighted by Crippen LogP contribution is 2.48. The third kappa shape index (κ3) is 3.05. The Labute approximate surface area is 89.0 Å². The lowest BCUT2D eigenvalue weighted by Crippen LogP contribution is -2.12. The highest BCUT2D eigenvalue weighted by atomic mass is 31.2. The van der Waals surface area contributed by atoms with Crippen molar-refractivity contribution in [3.8, 4) is 0 Å². The molecule has 0 bridgehead atoms. The summed E-state index contributed by atoms with van der Waals surface area (Å²) < 4.78 is 47.7. The Morgan fingerprint density at radius 1 is 1.31 bits per heavy atom. The Kier molecular flexibility index (Phi) is 3.44. The molecule has 90 valence electrons. The lowest BCUT2D eigenvalue weighted by Gasteiger charge is -2.15. The first-order chi connectivity index (χ1) is 7.12. The average molecular weight is 255 g/mol. The minimum Gasteiger partial charge on any atom is -0.323 e. The first-order valence-corrected chi connectivity index (χ1v) is 5.78. The van der Waals surface area contributed by atoms with Crippen molar-refractivity contribution in [2.24, 2.45) is 5.73 Å². The maximum absolute atomic E-state index is 12.3. The van der Waals surface area contributed by atoms with Gasteiger partial charge in [-0.15, -0.1) is 0 Å². The summed E-state index contributed by atoms with van der Waals surface area (Å²) in [6.45, 7) is 0. The van der Waals surface area contributed by atoms with E-state index in [0.29, 0.717) is 6.07 Å². The Morgan fingerprint density at radius 3 is 2.31 bits per heavy atom. The Bertz CT molecular complexity index is 429. The van der Waals surface area contributed by atoms with Crippen molar-refractivity contribution in [2.75, 3.05) is 0 Å². The van der Waals surface area contributed by atoms with E-state index < -0.39 is 25.1 Å². The summed E-state index contributed by atoms with van der Waals surface area (Å²) in [5.74, 6) is -1.74. The second-order valence-corrected chi connectivity index (χ2v) is 4.89. The van der Waals surface area contributed by atoms with Gasteiger partial charge in [-0.05, 0) is 17.7 Å². The van der Waals surface area contributed by atoms with Gasteiger partial charge in [0.15, 0.2) is 0 Å². The summed E-state index contributed by atoms with van der Waals surface area (Å²) in [5, 5.41) is 0. The van der Waals surface area contributed by atoms with Crippen molar-refractivity contribution in [1.82, 2.24) is 0 Å². The summed E-state index contributed by atoms with van der Waals surface area (Å²) in [4.78, 5) is 17.5. The molecule has 0 aliphatic heterocycles. The summed E-state index contributed by atoms with van der Waals surface area (Å²) in [6, 6.07) is 3.62. The fraction of sp³-hybridized carbons (Fsp3) is 0.250. The molecule has 1 atom stereocenters. The molecule has 1 aromatic carbocycles. The number of hydrogen-bond acceptors (Lipinski definition) is 2. The van der Waals surface area contributed by atoms with E-state index in [9.17, 15) is 17.7 Å². The molecule has 1 aromatic rings. The zero-order chi connectivity index (χ0) is 12.6. The third-order valence-electron chi connectivity index (χ3n) is 1.92. The second kappa shape index (κ2) is 4.18. The molecule has 0 amide bonds. The van der Waals surface area contributed by atoms with Crippen molar-refractivity contribution >= 4 is 7.60 Å². The molecule has 0 heterocycles. The first-order valence-electron chi connectivity index (χ1n) is 4.10. The van der Waals surface area contributed by atoms with Crippen LogP contribution in [0.3, 0.4) is 0 Å². The van der Waals surface area contributed by atoms with Crippen LogP contribution in [0.2, 0.25) is 0 Å². The lowest BCUT2D eigenvalue weighted by atomic mass is 10.1. The molecule has 1 rings (SSSR count). The van der Waals surface area contributed by atoms with Crippen molar-refractivity contribution in [3.63, 3.8) is 0 Å². The zero-order valence-electron chi connectivity index (χ0n) is 7.85. The minimum atomic E-state index is -4.64. The van der Waals surface area contributed by atoms with Crippen LogP contribution in [0.4, 0.5) is 13.2 Å². The molecule has 0 fully saturated rings. The van der Waals surface area contributed by atoms with Gasteiger partial charge in [-0.1, -0.05) is 12.1 Å². The number of alkyl halides is 3. The molecule has 0 spiro atoms. The monoisotopic (exact) mass is 255 g/mol. The number of halogens is 3. The topological polar surface area (TPSA) is 83.6 Å². The van der Waals surface area contributed by atoms with Crippen LogP contribution in [0, 0.1) is 0 Å². The fourth-order valence-electron chi connectivity index (χ4n) is 1.09.